The number of carbonyl (C=O) groups is 1. The summed E-state index contributed by atoms with van der Waals surface area (Å²) < 4.78 is 10.6. The Labute approximate surface area is 145 Å². The summed E-state index contributed by atoms with van der Waals surface area (Å²) in [4.78, 5) is 23.1. The summed E-state index contributed by atoms with van der Waals surface area (Å²) in [6.45, 7) is 0.148. The monoisotopic (exact) mass is 352 g/mol. The molecule has 26 heavy (non-hydrogen) atoms. The molecule has 9 heteroatoms. The molecule has 0 spiro atoms. The van der Waals surface area contributed by atoms with E-state index >= 15 is 0 Å². The van der Waals surface area contributed by atoms with Crippen LogP contribution in [0.1, 0.15) is 10.4 Å². The maximum absolute atomic E-state index is 12.1. The van der Waals surface area contributed by atoms with Crippen LogP contribution in [0.25, 0.3) is 11.3 Å². The van der Waals surface area contributed by atoms with Crippen LogP contribution in [0.15, 0.2) is 57.5 Å². The zero-order valence-corrected chi connectivity index (χ0v) is 13.2. The van der Waals surface area contributed by atoms with E-state index in [1.54, 1.807) is 30.3 Å². The van der Waals surface area contributed by atoms with Gasteiger partial charge in [0.2, 0.25) is 6.79 Å². The number of nitrogens with zero attached hydrogens (tertiary/aromatic N) is 2. The van der Waals surface area contributed by atoms with E-state index in [2.05, 4.69) is 20.4 Å². The minimum Gasteiger partial charge on any atom is -0.478 e. The first-order valence-electron chi connectivity index (χ1n) is 7.57. The Morgan fingerprint density at radius 3 is 2.73 bits per heavy atom. The molecule has 0 fully saturated rings. The highest BCUT2D eigenvalue weighted by Crippen LogP contribution is 2.37. The third-order valence-electron chi connectivity index (χ3n) is 3.77. The van der Waals surface area contributed by atoms with Crippen LogP contribution >= 0.6 is 0 Å². The second kappa shape index (κ2) is 6.20. The summed E-state index contributed by atoms with van der Waals surface area (Å²) >= 11 is 0. The molecule has 3 aromatic rings. The van der Waals surface area contributed by atoms with Crippen LogP contribution in [-0.2, 0) is 0 Å². The molecule has 2 heterocycles. The standard InChI is InChI=1S/C17H12N4O5/c22-16-15(20-18-11-3-1-2-10(6-11)17(23)24)14(19-21-16)9-4-5-12-13(7-9)26-8-25-12/h1-7H,8H2,(H,23,24)(H2,19,21,22). The van der Waals surface area contributed by atoms with Gasteiger partial charge in [0, 0.05) is 5.56 Å². The molecule has 0 bridgehead atoms. The van der Waals surface area contributed by atoms with E-state index in [0.29, 0.717) is 28.4 Å². The largest absolute Gasteiger partial charge is 0.478 e. The summed E-state index contributed by atoms with van der Waals surface area (Å²) in [7, 11) is 0. The highest BCUT2D eigenvalue weighted by molar-refractivity contribution is 5.88. The number of aromatic nitrogens is 2. The molecule has 2 aromatic carbocycles. The summed E-state index contributed by atoms with van der Waals surface area (Å²) in [6.07, 6.45) is 0. The van der Waals surface area contributed by atoms with E-state index in [4.69, 9.17) is 14.6 Å². The number of nitrogens with one attached hydrogen (secondary N) is 2. The number of hydrogen-bond acceptors (Lipinski definition) is 6. The predicted molar refractivity (Wildman–Crippen MR) is 90.5 cm³/mol. The van der Waals surface area contributed by atoms with E-state index in [9.17, 15) is 9.59 Å². The number of carboxylic acids is 1. The van der Waals surface area contributed by atoms with Crippen molar-refractivity contribution in [2.24, 2.45) is 10.2 Å². The van der Waals surface area contributed by atoms with Crippen molar-refractivity contribution in [2.75, 3.05) is 6.79 Å². The molecule has 4 rings (SSSR count). The quantitative estimate of drug-likeness (QED) is 0.621. The molecule has 0 atom stereocenters. The molecule has 0 aliphatic carbocycles. The van der Waals surface area contributed by atoms with Crippen molar-refractivity contribution in [2.45, 2.75) is 0 Å². The number of aromatic amines is 2. The number of benzene rings is 2. The van der Waals surface area contributed by atoms with Crippen LogP contribution in [0.4, 0.5) is 11.4 Å². The molecular weight excluding hydrogens is 340 g/mol. The Kier molecular flexibility index (Phi) is 3.73. The fourth-order valence-electron chi connectivity index (χ4n) is 2.52. The van der Waals surface area contributed by atoms with Crippen molar-refractivity contribution in [1.82, 2.24) is 10.2 Å². The number of carboxylic acid groups (broad SMARTS) is 1. The van der Waals surface area contributed by atoms with Crippen molar-refractivity contribution < 1.29 is 19.4 Å². The lowest BCUT2D eigenvalue weighted by atomic mass is 10.1. The van der Waals surface area contributed by atoms with Crippen LogP contribution in [0.5, 0.6) is 11.5 Å². The van der Waals surface area contributed by atoms with Crippen molar-refractivity contribution in [1.29, 1.82) is 0 Å². The zero-order chi connectivity index (χ0) is 18.1. The minimum absolute atomic E-state index is 0.0737. The van der Waals surface area contributed by atoms with Gasteiger partial charge in [0.05, 0.1) is 16.9 Å². The number of aromatic carboxylic acids is 1. The number of fused-ring (bicyclic) bond motifs is 1. The van der Waals surface area contributed by atoms with Gasteiger partial charge in [-0.1, -0.05) is 6.07 Å². The molecule has 0 saturated heterocycles. The molecule has 1 aromatic heterocycles. The van der Waals surface area contributed by atoms with Gasteiger partial charge in [-0.05, 0) is 36.4 Å². The van der Waals surface area contributed by atoms with Gasteiger partial charge in [-0.3, -0.25) is 15.0 Å². The topological polar surface area (TPSA) is 129 Å². The van der Waals surface area contributed by atoms with Crippen molar-refractivity contribution in [3.8, 4) is 22.8 Å². The number of ether oxygens (including phenoxy) is 2. The predicted octanol–water partition coefficient (Wildman–Crippen LogP) is 3.21. The molecule has 1 aliphatic heterocycles. The molecule has 0 saturated carbocycles. The smallest absolute Gasteiger partial charge is 0.335 e. The van der Waals surface area contributed by atoms with E-state index in [1.807, 2.05) is 0 Å². The van der Waals surface area contributed by atoms with Gasteiger partial charge in [0.15, 0.2) is 17.2 Å². The lowest BCUT2D eigenvalue weighted by Crippen LogP contribution is -1.96. The Morgan fingerprint density at radius 1 is 1.04 bits per heavy atom. The SMILES string of the molecule is O=C(O)c1cccc(N=Nc2c(-c3ccc4c(c3)OCO4)[nH][nH]c2=O)c1. The van der Waals surface area contributed by atoms with Gasteiger partial charge in [0.1, 0.15) is 0 Å². The third-order valence-corrected chi connectivity index (χ3v) is 3.77. The molecule has 0 radical (unpaired) electrons. The first-order chi connectivity index (χ1) is 12.6. The molecule has 0 unspecified atom stereocenters. The Bertz CT molecular complexity index is 1080. The molecular formula is C17H12N4O5. The van der Waals surface area contributed by atoms with Crippen LogP contribution in [0.2, 0.25) is 0 Å². The molecule has 3 N–H and O–H groups in total. The average Bonchev–Trinajstić information content (AvgIpc) is 3.26. The number of hydrogen-bond donors (Lipinski definition) is 3. The Balaban J connectivity index is 1.70. The molecule has 130 valence electrons. The van der Waals surface area contributed by atoms with Crippen molar-refractivity contribution in [3.05, 3.63) is 58.4 Å². The van der Waals surface area contributed by atoms with Crippen LogP contribution < -0.4 is 15.0 Å². The summed E-state index contributed by atoms with van der Waals surface area (Å²) in [5, 5.41) is 22.2. The van der Waals surface area contributed by atoms with Gasteiger partial charge in [-0.2, -0.15) is 5.11 Å². The number of rotatable bonds is 4. The van der Waals surface area contributed by atoms with E-state index in [-0.39, 0.29) is 18.0 Å². The van der Waals surface area contributed by atoms with Gasteiger partial charge in [-0.15, -0.1) is 5.11 Å². The van der Waals surface area contributed by atoms with Crippen molar-refractivity contribution >= 4 is 17.3 Å². The number of azo groups is 1. The van der Waals surface area contributed by atoms with Crippen LogP contribution in [-0.4, -0.2) is 28.1 Å². The number of H-pyrrole nitrogens is 2. The maximum atomic E-state index is 12.1. The van der Waals surface area contributed by atoms with Gasteiger partial charge < -0.3 is 14.6 Å². The lowest BCUT2D eigenvalue weighted by Gasteiger charge is -2.01. The first kappa shape index (κ1) is 15.6. The van der Waals surface area contributed by atoms with Gasteiger partial charge >= 0.3 is 5.97 Å². The second-order valence-corrected chi connectivity index (χ2v) is 5.43. The van der Waals surface area contributed by atoms with E-state index < -0.39 is 11.5 Å². The molecule has 0 amide bonds. The summed E-state index contributed by atoms with van der Waals surface area (Å²) in [6, 6.07) is 11.2. The molecule has 9 nitrogen and oxygen atoms in total. The van der Waals surface area contributed by atoms with Gasteiger partial charge in [-0.25, -0.2) is 4.79 Å². The fourth-order valence-corrected chi connectivity index (χ4v) is 2.52. The van der Waals surface area contributed by atoms with Crippen molar-refractivity contribution in [3.63, 3.8) is 0 Å². The first-order valence-corrected chi connectivity index (χ1v) is 7.57. The normalized spacial score (nSPS) is 12.6. The Morgan fingerprint density at radius 2 is 1.88 bits per heavy atom. The van der Waals surface area contributed by atoms with E-state index in [0.717, 1.165) is 0 Å². The average molecular weight is 352 g/mol. The lowest BCUT2D eigenvalue weighted by molar-refractivity contribution is 0.0697. The third kappa shape index (κ3) is 2.81. The fraction of sp³-hybridized carbons (Fsp3) is 0.0588. The maximum Gasteiger partial charge on any atom is 0.335 e. The van der Waals surface area contributed by atoms with Gasteiger partial charge in [0.25, 0.3) is 5.56 Å². The Hall–Kier alpha value is -3.88. The van der Waals surface area contributed by atoms with Crippen LogP contribution in [0.3, 0.4) is 0 Å². The second-order valence-electron chi connectivity index (χ2n) is 5.43. The van der Waals surface area contributed by atoms with E-state index in [1.165, 1.54) is 12.1 Å². The minimum atomic E-state index is -1.07. The summed E-state index contributed by atoms with van der Waals surface area (Å²) in [5.74, 6) is 0.129. The zero-order valence-electron chi connectivity index (χ0n) is 13.2. The summed E-state index contributed by atoms with van der Waals surface area (Å²) in [5.41, 5.74) is 1.13. The highest BCUT2D eigenvalue weighted by atomic mass is 16.7. The highest BCUT2D eigenvalue weighted by Gasteiger charge is 2.17. The molecule has 1 aliphatic rings. The van der Waals surface area contributed by atoms with Crippen LogP contribution in [0, 0.1) is 0 Å².